The molecule has 0 bridgehead atoms. The van der Waals surface area contributed by atoms with Crippen LogP contribution in [-0.4, -0.2) is 47.1 Å². The van der Waals surface area contributed by atoms with Crippen molar-refractivity contribution in [3.8, 4) is 5.75 Å². The normalized spacial score (nSPS) is 15.1. The number of rotatable bonds is 8. The van der Waals surface area contributed by atoms with Crippen LogP contribution >= 0.6 is 0 Å². The number of aryl methyl sites for hydroxylation is 2. The van der Waals surface area contributed by atoms with Gasteiger partial charge < -0.3 is 10.1 Å². The van der Waals surface area contributed by atoms with Gasteiger partial charge in [0.2, 0.25) is 5.91 Å². The molecule has 32 heavy (non-hydrogen) atoms. The molecule has 3 aromatic rings. The van der Waals surface area contributed by atoms with E-state index in [0.29, 0.717) is 24.0 Å². The van der Waals surface area contributed by atoms with Crippen LogP contribution in [0.3, 0.4) is 0 Å². The highest BCUT2D eigenvalue weighted by atomic mass is 16.5. The minimum Gasteiger partial charge on any atom is -0.496 e. The third kappa shape index (κ3) is 4.67. The summed E-state index contributed by atoms with van der Waals surface area (Å²) in [5.41, 5.74) is 2.65. The molecule has 1 fully saturated rings. The lowest BCUT2D eigenvalue weighted by atomic mass is 10.0. The summed E-state index contributed by atoms with van der Waals surface area (Å²) in [5.74, 6) is 0.753. The van der Waals surface area contributed by atoms with Gasteiger partial charge in [-0.05, 0) is 50.6 Å². The zero-order valence-corrected chi connectivity index (χ0v) is 18.7. The average Bonchev–Trinajstić information content (AvgIpc) is 3.34. The molecule has 2 aromatic carbocycles. The fourth-order valence-electron chi connectivity index (χ4n) is 4.45. The Bertz CT molecular complexity index is 1150. The molecular formula is C25H30N4O3. The van der Waals surface area contributed by atoms with E-state index in [0.717, 1.165) is 42.8 Å². The number of nitrogens with one attached hydrogen (secondary N) is 1. The number of carbonyl (C=O) groups is 1. The summed E-state index contributed by atoms with van der Waals surface area (Å²) in [6, 6.07) is 13.6. The number of nitrogens with zero attached hydrogens (tertiary/aromatic N) is 3. The largest absolute Gasteiger partial charge is 0.496 e. The summed E-state index contributed by atoms with van der Waals surface area (Å²) >= 11 is 0. The molecule has 1 aliphatic rings. The minimum absolute atomic E-state index is 0.0608. The maximum Gasteiger partial charge on any atom is 0.261 e. The summed E-state index contributed by atoms with van der Waals surface area (Å²) < 4.78 is 7.08. The van der Waals surface area contributed by atoms with E-state index < -0.39 is 0 Å². The third-order valence-corrected chi connectivity index (χ3v) is 6.21. The van der Waals surface area contributed by atoms with E-state index in [-0.39, 0.29) is 23.9 Å². The lowest BCUT2D eigenvalue weighted by Gasteiger charge is -2.29. The van der Waals surface area contributed by atoms with Gasteiger partial charge in [-0.1, -0.05) is 30.3 Å². The Kier molecular flexibility index (Phi) is 6.85. The van der Waals surface area contributed by atoms with Gasteiger partial charge >= 0.3 is 0 Å². The molecule has 4 rings (SSSR count). The van der Waals surface area contributed by atoms with Crippen molar-refractivity contribution in [2.45, 2.75) is 38.8 Å². The van der Waals surface area contributed by atoms with Gasteiger partial charge in [0.05, 0.1) is 30.4 Å². The highest BCUT2D eigenvalue weighted by Gasteiger charge is 2.26. The second-order valence-electron chi connectivity index (χ2n) is 8.27. The standard InChI is InChI=1S/C25H30N4O3/c1-18-8-7-10-20-24(18)27-17-29(25(20)31)15-12-23(30)26-16-21(28-13-5-6-14-28)19-9-3-4-11-22(19)32-2/h3-4,7-11,17,21H,5-6,12-16H2,1-2H3,(H,26,30). The van der Waals surface area contributed by atoms with Crippen molar-refractivity contribution >= 4 is 16.8 Å². The van der Waals surface area contributed by atoms with Gasteiger partial charge in [-0.2, -0.15) is 0 Å². The molecule has 168 valence electrons. The predicted octanol–water partition coefficient (Wildman–Crippen LogP) is 3.06. The predicted molar refractivity (Wildman–Crippen MR) is 125 cm³/mol. The molecule has 1 unspecified atom stereocenters. The molecule has 7 nitrogen and oxygen atoms in total. The molecule has 0 radical (unpaired) electrons. The van der Waals surface area contributed by atoms with Gasteiger partial charge in [-0.15, -0.1) is 0 Å². The summed E-state index contributed by atoms with van der Waals surface area (Å²) in [7, 11) is 1.68. The number of hydrogen-bond acceptors (Lipinski definition) is 5. The lowest BCUT2D eigenvalue weighted by molar-refractivity contribution is -0.121. The Morgan fingerprint density at radius 2 is 1.94 bits per heavy atom. The fraction of sp³-hybridized carbons (Fsp3) is 0.400. The molecule has 7 heteroatoms. The molecule has 1 saturated heterocycles. The highest BCUT2D eigenvalue weighted by Crippen LogP contribution is 2.31. The topological polar surface area (TPSA) is 76.5 Å². The first-order chi connectivity index (χ1) is 15.6. The number of aromatic nitrogens is 2. The van der Waals surface area contributed by atoms with Crippen LogP contribution in [-0.2, 0) is 11.3 Å². The molecule has 1 aromatic heterocycles. The SMILES string of the molecule is COc1ccccc1C(CNC(=O)CCn1cnc2c(C)cccc2c1=O)N1CCCC1. The number of para-hydroxylation sites is 2. The Morgan fingerprint density at radius 3 is 2.72 bits per heavy atom. The molecular weight excluding hydrogens is 404 g/mol. The lowest BCUT2D eigenvalue weighted by Crippen LogP contribution is -2.37. The van der Waals surface area contributed by atoms with Crippen molar-refractivity contribution in [1.29, 1.82) is 0 Å². The van der Waals surface area contributed by atoms with Gasteiger partial charge in [0.25, 0.3) is 5.56 Å². The van der Waals surface area contributed by atoms with Crippen LogP contribution in [0.2, 0.25) is 0 Å². The quantitative estimate of drug-likeness (QED) is 0.590. The molecule has 1 aliphatic heterocycles. The van der Waals surface area contributed by atoms with Crippen LogP contribution < -0.4 is 15.6 Å². The van der Waals surface area contributed by atoms with Crippen LogP contribution in [0.1, 0.15) is 36.4 Å². The highest BCUT2D eigenvalue weighted by molar-refractivity contribution is 5.80. The van der Waals surface area contributed by atoms with Gasteiger partial charge in [-0.3, -0.25) is 19.1 Å². The van der Waals surface area contributed by atoms with Gasteiger partial charge in [0.1, 0.15) is 5.75 Å². The molecule has 0 aliphatic carbocycles. The summed E-state index contributed by atoms with van der Waals surface area (Å²) in [6.45, 7) is 4.76. The Morgan fingerprint density at radius 1 is 1.16 bits per heavy atom. The van der Waals surface area contributed by atoms with Crippen molar-refractivity contribution in [1.82, 2.24) is 19.8 Å². The summed E-state index contributed by atoms with van der Waals surface area (Å²) in [6.07, 6.45) is 4.08. The van der Waals surface area contributed by atoms with Gasteiger partial charge in [0.15, 0.2) is 0 Å². The minimum atomic E-state index is -0.115. The zero-order valence-electron chi connectivity index (χ0n) is 18.7. The Hall–Kier alpha value is -3.19. The third-order valence-electron chi connectivity index (χ3n) is 6.21. The smallest absolute Gasteiger partial charge is 0.261 e. The van der Waals surface area contributed by atoms with Crippen LogP contribution in [0, 0.1) is 6.92 Å². The van der Waals surface area contributed by atoms with Crippen LogP contribution in [0.5, 0.6) is 5.75 Å². The molecule has 1 atom stereocenters. The Labute approximate surface area is 188 Å². The average molecular weight is 435 g/mol. The number of methoxy groups -OCH3 is 1. The number of hydrogen-bond donors (Lipinski definition) is 1. The van der Waals surface area contributed by atoms with Crippen LogP contribution in [0.4, 0.5) is 0 Å². The number of likely N-dealkylation sites (tertiary alicyclic amines) is 1. The van der Waals surface area contributed by atoms with Crippen molar-refractivity contribution in [2.75, 3.05) is 26.7 Å². The number of ether oxygens (including phenoxy) is 1. The van der Waals surface area contributed by atoms with E-state index in [1.807, 2.05) is 37.3 Å². The number of carbonyl (C=O) groups excluding carboxylic acids is 1. The maximum absolute atomic E-state index is 12.8. The van der Waals surface area contributed by atoms with Crippen molar-refractivity contribution in [2.24, 2.45) is 0 Å². The molecule has 0 spiro atoms. The summed E-state index contributed by atoms with van der Waals surface area (Å²) in [5, 5.41) is 3.66. The summed E-state index contributed by atoms with van der Waals surface area (Å²) in [4.78, 5) is 32.2. The second kappa shape index (κ2) is 9.96. The van der Waals surface area contributed by atoms with Crippen LogP contribution in [0.25, 0.3) is 10.9 Å². The zero-order chi connectivity index (χ0) is 22.5. The first kappa shape index (κ1) is 22.0. The van der Waals surface area contributed by atoms with Crippen molar-refractivity contribution in [3.63, 3.8) is 0 Å². The first-order valence-corrected chi connectivity index (χ1v) is 11.2. The first-order valence-electron chi connectivity index (χ1n) is 11.2. The monoisotopic (exact) mass is 434 g/mol. The van der Waals surface area contributed by atoms with Crippen molar-refractivity contribution in [3.05, 3.63) is 70.3 Å². The van der Waals surface area contributed by atoms with E-state index in [1.54, 1.807) is 13.2 Å². The number of benzene rings is 2. The molecule has 1 N–H and O–H groups in total. The molecule has 0 saturated carbocycles. The van der Waals surface area contributed by atoms with Gasteiger partial charge in [-0.25, -0.2) is 4.98 Å². The molecule has 1 amide bonds. The van der Waals surface area contributed by atoms with E-state index >= 15 is 0 Å². The van der Waals surface area contributed by atoms with Gasteiger partial charge in [0, 0.05) is 25.1 Å². The van der Waals surface area contributed by atoms with E-state index in [4.69, 9.17) is 4.74 Å². The van der Waals surface area contributed by atoms with E-state index in [9.17, 15) is 9.59 Å². The maximum atomic E-state index is 12.8. The number of amides is 1. The van der Waals surface area contributed by atoms with E-state index in [2.05, 4.69) is 21.3 Å². The fourth-order valence-corrected chi connectivity index (χ4v) is 4.45. The van der Waals surface area contributed by atoms with Crippen molar-refractivity contribution < 1.29 is 9.53 Å². The Balaban J connectivity index is 1.42. The molecule has 2 heterocycles. The number of fused-ring (bicyclic) bond motifs is 1. The second-order valence-corrected chi connectivity index (χ2v) is 8.27. The van der Waals surface area contributed by atoms with Crippen LogP contribution in [0.15, 0.2) is 53.6 Å². The van der Waals surface area contributed by atoms with E-state index in [1.165, 1.54) is 10.9 Å².